The molecule has 0 fully saturated rings. The summed E-state index contributed by atoms with van der Waals surface area (Å²) in [7, 11) is 0. The number of rotatable bonds is 5. The van der Waals surface area contributed by atoms with E-state index in [0.717, 1.165) is 23.5 Å². The highest BCUT2D eigenvalue weighted by Crippen LogP contribution is 2.37. The molecule has 0 spiro atoms. The molecule has 0 saturated carbocycles. The summed E-state index contributed by atoms with van der Waals surface area (Å²) in [5.41, 5.74) is 1.05. The van der Waals surface area contributed by atoms with Crippen molar-refractivity contribution < 1.29 is 18.0 Å². The third-order valence-electron chi connectivity index (χ3n) is 4.23. The molecule has 1 N–H and O–H groups in total. The van der Waals surface area contributed by atoms with Crippen molar-refractivity contribution in [2.45, 2.75) is 6.67 Å². The highest BCUT2D eigenvalue weighted by atomic mass is 35.5. The van der Waals surface area contributed by atoms with E-state index in [1.807, 2.05) is 0 Å². The Balaban J connectivity index is 1.71. The summed E-state index contributed by atoms with van der Waals surface area (Å²) in [5.74, 6) is -2.87. The Kier molecular flexibility index (Phi) is 5.97. The number of alkyl halides is 1. The summed E-state index contributed by atoms with van der Waals surface area (Å²) in [6.07, 6.45) is 1.48. The van der Waals surface area contributed by atoms with Gasteiger partial charge in [-0.15, -0.1) is 11.3 Å². The zero-order chi connectivity index (χ0) is 22.0. The third-order valence-corrected chi connectivity index (χ3v) is 5.45. The molecule has 2 heterocycles. The summed E-state index contributed by atoms with van der Waals surface area (Å²) in [4.78, 5) is 25.3. The SMILES string of the molecule is O=C(Nc1cccc(-c2nc(CF)sc2-c2ccnc(Cl)n2)c1)c1c(F)cccc1F. The van der Waals surface area contributed by atoms with Crippen LogP contribution in [0.15, 0.2) is 54.7 Å². The van der Waals surface area contributed by atoms with E-state index in [2.05, 4.69) is 20.3 Å². The molecule has 0 bridgehead atoms. The maximum Gasteiger partial charge on any atom is 0.261 e. The molecule has 5 nitrogen and oxygen atoms in total. The lowest BCUT2D eigenvalue weighted by Crippen LogP contribution is -2.15. The monoisotopic (exact) mass is 460 g/mol. The molecule has 0 aliphatic heterocycles. The molecule has 2 aromatic heterocycles. The lowest BCUT2D eigenvalue weighted by Gasteiger charge is -2.09. The second-order valence-electron chi connectivity index (χ2n) is 6.26. The Labute approximate surface area is 183 Å². The number of halogens is 4. The zero-order valence-electron chi connectivity index (χ0n) is 15.6. The van der Waals surface area contributed by atoms with Crippen molar-refractivity contribution in [2.24, 2.45) is 0 Å². The number of nitrogens with one attached hydrogen (secondary N) is 1. The third kappa shape index (κ3) is 4.42. The molecule has 1 amide bonds. The molecule has 0 atom stereocenters. The number of benzene rings is 2. The van der Waals surface area contributed by atoms with E-state index < -0.39 is 29.8 Å². The van der Waals surface area contributed by atoms with Gasteiger partial charge in [-0.2, -0.15) is 0 Å². The number of amides is 1. The fourth-order valence-corrected chi connectivity index (χ4v) is 3.96. The van der Waals surface area contributed by atoms with Crippen LogP contribution in [0.5, 0.6) is 0 Å². The molecule has 4 aromatic rings. The van der Waals surface area contributed by atoms with Gasteiger partial charge in [-0.05, 0) is 41.9 Å². The number of nitrogens with zero attached hydrogens (tertiary/aromatic N) is 3. The van der Waals surface area contributed by atoms with Gasteiger partial charge in [0, 0.05) is 17.4 Å². The summed E-state index contributed by atoms with van der Waals surface area (Å²) in [5, 5.41) is 2.75. The quantitative estimate of drug-likeness (QED) is 0.375. The zero-order valence-corrected chi connectivity index (χ0v) is 17.1. The molecule has 0 aliphatic rings. The molecule has 4 rings (SSSR count). The van der Waals surface area contributed by atoms with Crippen molar-refractivity contribution in [1.29, 1.82) is 0 Å². The average Bonchev–Trinajstić information content (AvgIpc) is 3.18. The van der Waals surface area contributed by atoms with Crippen LogP contribution in [-0.2, 0) is 6.67 Å². The van der Waals surface area contributed by atoms with Gasteiger partial charge in [0.25, 0.3) is 5.91 Å². The van der Waals surface area contributed by atoms with Gasteiger partial charge in [0.2, 0.25) is 5.28 Å². The first-order chi connectivity index (χ1) is 15.0. The van der Waals surface area contributed by atoms with Crippen LogP contribution >= 0.6 is 22.9 Å². The Hall–Kier alpha value is -3.30. The maximum absolute atomic E-state index is 13.9. The molecular formula is C21H12ClF3N4OS. The van der Waals surface area contributed by atoms with Gasteiger partial charge in [-0.1, -0.05) is 18.2 Å². The van der Waals surface area contributed by atoms with Crippen LogP contribution < -0.4 is 5.32 Å². The van der Waals surface area contributed by atoms with Gasteiger partial charge in [-0.25, -0.2) is 28.1 Å². The first kappa shape index (κ1) is 21.0. The number of anilines is 1. The Morgan fingerprint density at radius 3 is 2.52 bits per heavy atom. The number of aromatic nitrogens is 3. The predicted molar refractivity (Wildman–Crippen MR) is 113 cm³/mol. The molecule has 10 heteroatoms. The number of hydrogen-bond acceptors (Lipinski definition) is 5. The molecule has 0 aliphatic carbocycles. The summed E-state index contributed by atoms with van der Waals surface area (Å²) < 4.78 is 41.1. The van der Waals surface area contributed by atoms with Crippen molar-refractivity contribution in [2.75, 3.05) is 5.32 Å². The van der Waals surface area contributed by atoms with Gasteiger partial charge in [-0.3, -0.25) is 4.79 Å². The second-order valence-corrected chi connectivity index (χ2v) is 7.68. The van der Waals surface area contributed by atoms with Crippen LogP contribution in [0.4, 0.5) is 18.9 Å². The van der Waals surface area contributed by atoms with E-state index in [9.17, 15) is 18.0 Å². The standard InChI is InChI=1S/C21H12ClF3N4OS/c22-21-26-8-7-15(28-21)19-18(29-16(10-23)31-19)11-3-1-4-12(9-11)27-20(30)17-13(24)5-2-6-14(17)25/h1-9H,10H2,(H,27,30). The van der Waals surface area contributed by atoms with E-state index in [1.54, 1.807) is 30.3 Å². The first-order valence-corrected chi connectivity index (χ1v) is 10.1. The van der Waals surface area contributed by atoms with E-state index in [0.29, 0.717) is 21.8 Å². The molecule has 0 unspecified atom stereocenters. The second kappa shape index (κ2) is 8.83. The van der Waals surface area contributed by atoms with Gasteiger partial charge < -0.3 is 5.32 Å². The smallest absolute Gasteiger partial charge is 0.261 e. The van der Waals surface area contributed by atoms with Gasteiger partial charge in [0.05, 0.1) is 16.3 Å². The van der Waals surface area contributed by atoms with Crippen LogP contribution in [0.25, 0.3) is 21.8 Å². The summed E-state index contributed by atoms with van der Waals surface area (Å²) in [6.45, 7) is -0.764. The minimum atomic E-state index is -0.969. The van der Waals surface area contributed by atoms with Crippen LogP contribution in [0, 0.1) is 11.6 Å². The predicted octanol–water partition coefficient (Wildman–Crippen LogP) is 5.92. The minimum Gasteiger partial charge on any atom is -0.322 e. The van der Waals surface area contributed by atoms with E-state index in [1.165, 1.54) is 12.3 Å². The first-order valence-electron chi connectivity index (χ1n) is 8.86. The lowest BCUT2D eigenvalue weighted by molar-refractivity contribution is 0.101. The topological polar surface area (TPSA) is 67.8 Å². The highest BCUT2D eigenvalue weighted by molar-refractivity contribution is 7.15. The Bertz CT molecular complexity index is 1260. The number of thiazole rings is 1. The normalized spacial score (nSPS) is 10.8. The number of hydrogen-bond donors (Lipinski definition) is 1. The van der Waals surface area contributed by atoms with Crippen molar-refractivity contribution in [3.8, 4) is 21.8 Å². The number of carbonyl (C=O) groups is 1. The van der Waals surface area contributed by atoms with Crippen LogP contribution in [0.3, 0.4) is 0 Å². The molecular weight excluding hydrogens is 449 g/mol. The Morgan fingerprint density at radius 2 is 1.81 bits per heavy atom. The van der Waals surface area contributed by atoms with E-state index >= 15 is 0 Å². The lowest BCUT2D eigenvalue weighted by atomic mass is 10.1. The van der Waals surface area contributed by atoms with Crippen molar-refractivity contribution in [1.82, 2.24) is 15.0 Å². The van der Waals surface area contributed by atoms with Gasteiger partial charge in [0.15, 0.2) is 0 Å². The molecule has 0 radical (unpaired) electrons. The summed E-state index contributed by atoms with van der Waals surface area (Å²) in [6, 6.07) is 11.3. The molecule has 2 aromatic carbocycles. The molecule has 0 saturated heterocycles. The maximum atomic E-state index is 13.9. The van der Waals surface area contributed by atoms with Crippen molar-refractivity contribution in [3.63, 3.8) is 0 Å². The van der Waals surface area contributed by atoms with Crippen molar-refractivity contribution in [3.05, 3.63) is 82.2 Å². The van der Waals surface area contributed by atoms with Crippen LogP contribution in [0.2, 0.25) is 5.28 Å². The van der Waals surface area contributed by atoms with Crippen LogP contribution in [-0.4, -0.2) is 20.9 Å². The minimum absolute atomic E-state index is 0.0339. The summed E-state index contributed by atoms with van der Waals surface area (Å²) >= 11 is 6.99. The fraction of sp³-hybridized carbons (Fsp3) is 0.0476. The van der Waals surface area contributed by atoms with E-state index in [4.69, 9.17) is 11.6 Å². The van der Waals surface area contributed by atoms with E-state index in [-0.39, 0.29) is 16.0 Å². The highest BCUT2D eigenvalue weighted by Gasteiger charge is 2.19. The van der Waals surface area contributed by atoms with Crippen molar-refractivity contribution >= 4 is 34.5 Å². The molecule has 31 heavy (non-hydrogen) atoms. The molecule has 156 valence electrons. The largest absolute Gasteiger partial charge is 0.322 e. The average molecular weight is 461 g/mol. The fourth-order valence-electron chi connectivity index (χ4n) is 2.90. The van der Waals surface area contributed by atoms with Gasteiger partial charge in [0.1, 0.15) is 28.9 Å². The van der Waals surface area contributed by atoms with Gasteiger partial charge >= 0.3 is 0 Å². The Morgan fingerprint density at radius 1 is 1.06 bits per heavy atom. The number of carbonyl (C=O) groups excluding carboxylic acids is 1. The van der Waals surface area contributed by atoms with Crippen LogP contribution in [0.1, 0.15) is 15.4 Å².